The molecule has 0 bridgehead atoms. The summed E-state index contributed by atoms with van der Waals surface area (Å²) in [6, 6.07) is 0. The van der Waals surface area contributed by atoms with E-state index in [4.69, 9.17) is 66.3 Å². The molecule has 7 saturated heterocycles. The van der Waals surface area contributed by atoms with Crippen LogP contribution in [0, 0.1) is 0 Å². The van der Waals surface area contributed by atoms with Gasteiger partial charge in [0.1, 0.15) is 128 Å². The van der Waals surface area contributed by atoms with Crippen LogP contribution in [-0.2, 0) is 71.1 Å². The van der Waals surface area contributed by atoms with Gasteiger partial charge in [0.15, 0.2) is 50.1 Å². The van der Waals surface area contributed by atoms with Gasteiger partial charge in [-0.05, 0) is 13.8 Å². The quantitative estimate of drug-likeness (QED) is 0.0643. The van der Waals surface area contributed by atoms with E-state index in [1.165, 1.54) is 13.8 Å². The van der Waals surface area contributed by atoms with Gasteiger partial charge in [0.05, 0.1) is 50.8 Å². The summed E-state index contributed by atoms with van der Waals surface area (Å²) in [6.07, 6.45) is -59.0. The van der Waals surface area contributed by atoms with Crippen molar-refractivity contribution in [3.63, 3.8) is 0 Å². The zero-order chi connectivity index (χ0) is 55.1. The lowest BCUT2D eigenvalue weighted by Crippen LogP contribution is -2.68. The van der Waals surface area contributed by atoms with Crippen molar-refractivity contribution in [2.75, 3.05) is 33.5 Å². The smallest absolute Gasteiger partial charge is 0.335 e. The molecule has 0 saturated carbocycles. The van der Waals surface area contributed by atoms with E-state index in [0.29, 0.717) is 0 Å². The monoisotopic (exact) mass is 1100 g/mol. The number of carboxylic acids is 1. The highest BCUT2D eigenvalue weighted by molar-refractivity contribution is 5.73. The summed E-state index contributed by atoms with van der Waals surface area (Å²) >= 11 is 0. The molecule has 7 aliphatic rings. The van der Waals surface area contributed by atoms with Gasteiger partial charge in [0, 0.05) is 13.5 Å². The van der Waals surface area contributed by atoms with E-state index in [-0.39, 0.29) is 6.42 Å². The zero-order valence-electron chi connectivity index (χ0n) is 40.3. The number of aliphatic hydroxyl groups is 17. The predicted octanol–water partition coefficient (Wildman–Crippen LogP) is -11.8. The molecule has 7 fully saturated rings. The minimum absolute atomic E-state index is 0.194. The second-order valence-electron chi connectivity index (χ2n) is 19.2. The number of rotatable bonds is 17. The Morgan fingerprint density at radius 2 is 0.973 bits per heavy atom. The predicted molar refractivity (Wildman–Crippen MR) is 227 cm³/mol. The van der Waals surface area contributed by atoms with E-state index >= 15 is 0 Å². The van der Waals surface area contributed by atoms with E-state index < -0.39 is 235 Å². The van der Waals surface area contributed by atoms with Crippen molar-refractivity contribution < 1.29 is 163 Å². The first kappa shape index (κ1) is 60.9. The molecule has 0 aromatic heterocycles. The topological polar surface area (TPSA) is 510 Å². The maximum Gasteiger partial charge on any atom is 0.335 e. The van der Waals surface area contributed by atoms with E-state index in [0.717, 1.165) is 7.11 Å². The summed E-state index contributed by atoms with van der Waals surface area (Å²) in [5.41, 5.74) is 0. The Morgan fingerprint density at radius 1 is 0.440 bits per heavy atom. The molecule has 0 aromatic rings. The Morgan fingerprint density at radius 3 is 1.60 bits per heavy atom. The number of hydrogen-bond donors (Lipinski definition) is 18. The Hall–Kier alpha value is -1.77. The molecule has 0 aromatic carbocycles. The summed E-state index contributed by atoms with van der Waals surface area (Å²) in [5, 5.41) is 191. The van der Waals surface area contributed by atoms with Gasteiger partial charge in [-0.25, -0.2) is 4.79 Å². The van der Waals surface area contributed by atoms with Crippen LogP contribution in [0.3, 0.4) is 0 Å². The van der Waals surface area contributed by atoms with Crippen LogP contribution in [0.25, 0.3) is 0 Å². The highest BCUT2D eigenvalue weighted by Crippen LogP contribution is 2.38. The number of aliphatic hydroxyl groups excluding tert-OH is 17. The highest BCUT2D eigenvalue weighted by Gasteiger charge is 2.58. The lowest BCUT2D eigenvalue weighted by atomic mass is 9.96. The van der Waals surface area contributed by atoms with Crippen molar-refractivity contribution in [3.05, 3.63) is 0 Å². The standard InChI is InChI=1S/C42H70O33/c1-9-16(47)20(51)24(55)39(64-9)71-29-14(7-45)67-36(61)31(27(29)58)73-41-26(57)22(53)30(33(75-41)35(59)60)72-37-23(54)19(50)15(8-63-37)69-42-34(62-3)32(74-38-17(48)12(46)4-11(5-43)66-38)28(10(2)65-42)70-40-25(56)21(52)18(49)13(6-44)68-40/h9-34,36-58,61H,4-8H2,1-3H3,(H,59,60)/t9-,10-,11-,12-,13+,14+,15+,16-,17+,18+,19-,20+,21-,22+,23+,24+,25+,26+,27-,28+,29+,30-,31-,32+,33-,34-,36-,37-,38+,39-,40-,41-,42-/m0/s1. The third-order valence-electron chi connectivity index (χ3n) is 14.2. The number of hydrogen-bond acceptors (Lipinski definition) is 32. The number of ether oxygens (including phenoxy) is 14. The first-order chi connectivity index (χ1) is 35.5. The summed E-state index contributed by atoms with van der Waals surface area (Å²) in [4.78, 5) is 12.6. The molecule has 33 heteroatoms. The van der Waals surface area contributed by atoms with Gasteiger partial charge < -0.3 is 158 Å². The van der Waals surface area contributed by atoms with Crippen LogP contribution >= 0.6 is 0 Å². The van der Waals surface area contributed by atoms with Crippen LogP contribution in [0.4, 0.5) is 0 Å². The number of methoxy groups -OCH3 is 1. The second-order valence-corrected chi connectivity index (χ2v) is 19.2. The van der Waals surface area contributed by atoms with Crippen LogP contribution in [0.15, 0.2) is 0 Å². The Labute approximate surface area is 425 Å². The zero-order valence-corrected chi connectivity index (χ0v) is 40.3. The van der Waals surface area contributed by atoms with Crippen molar-refractivity contribution in [2.24, 2.45) is 0 Å². The summed E-state index contributed by atoms with van der Waals surface area (Å²) in [6.45, 7) is -0.313. The lowest BCUT2D eigenvalue weighted by molar-refractivity contribution is -0.396. The maximum absolute atomic E-state index is 12.6. The first-order valence-corrected chi connectivity index (χ1v) is 24.0. The Balaban J connectivity index is 1.02. The fraction of sp³-hybridized carbons (Fsp3) is 0.976. The number of aliphatic carboxylic acids is 1. The minimum atomic E-state index is -2.31. The van der Waals surface area contributed by atoms with E-state index in [1.807, 2.05) is 0 Å². The molecule has 75 heavy (non-hydrogen) atoms. The lowest BCUT2D eigenvalue weighted by Gasteiger charge is -2.50. The first-order valence-electron chi connectivity index (χ1n) is 24.0. The molecule has 0 aliphatic carbocycles. The second kappa shape index (κ2) is 25.8. The van der Waals surface area contributed by atoms with Gasteiger partial charge in [-0.3, -0.25) is 0 Å². The molecular formula is C42H70O33. The van der Waals surface area contributed by atoms with Gasteiger partial charge in [-0.1, -0.05) is 0 Å². The minimum Gasteiger partial charge on any atom is -0.479 e. The third kappa shape index (κ3) is 12.7. The van der Waals surface area contributed by atoms with Crippen molar-refractivity contribution in [2.45, 2.75) is 223 Å². The summed E-state index contributed by atoms with van der Waals surface area (Å²) in [7, 11) is 1.14. The van der Waals surface area contributed by atoms with Gasteiger partial charge >= 0.3 is 5.97 Å². The molecule has 7 aliphatic heterocycles. The third-order valence-corrected chi connectivity index (χ3v) is 14.2. The van der Waals surface area contributed by atoms with Crippen molar-refractivity contribution in [3.8, 4) is 0 Å². The number of carboxylic acid groups (broad SMARTS) is 1. The highest BCUT2D eigenvalue weighted by atomic mass is 16.8. The van der Waals surface area contributed by atoms with Crippen LogP contribution in [0.2, 0.25) is 0 Å². The average molecular weight is 1100 g/mol. The van der Waals surface area contributed by atoms with E-state index in [1.54, 1.807) is 0 Å². The van der Waals surface area contributed by atoms with Crippen molar-refractivity contribution >= 4 is 5.97 Å². The fourth-order valence-corrected chi connectivity index (χ4v) is 9.75. The van der Waals surface area contributed by atoms with E-state index in [9.17, 15) is 96.7 Å². The van der Waals surface area contributed by atoms with Crippen LogP contribution < -0.4 is 0 Å². The SMILES string of the molecule is CO[C@@H]1[C@H](O[C@@H]2CO[C@@H](O[C@H]3[C@H](O)[C@@H](O)[C@@H](O[C@H]4[C@@H](O)[C@H](O[C@@H]5O[C@@H](C)[C@H](O)[C@@H](O)[C@H]5O)[C@@H](CO)O[C@@H]4O)O[C@@H]3C(=O)O)[C@H](O)[C@H]2O)O[C@@H](C)[C@@H](O[C@@H]2O[C@H](CO)[C@@H](O)[C@H](O)[C@H]2O)[C@H]1O[C@H]1O[C@H](CO)C[C@H](O)[C@H]1O. The van der Waals surface area contributed by atoms with Crippen LogP contribution in [0.1, 0.15) is 20.3 Å². The van der Waals surface area contributed by atoms with Gasteiger partial charge in [-0.15, -0.1) is 0 Å². The molecule has 33 nitrogen and oxygen atoms in total. The molecule has 0 unspecified atom stereocenters. The summed E-state index contributed by atoms with van der Waals surface area (Å²) < 4.78 is 79.8. The summed E-state index contributed by atoms with van der Waals surface area (Å²) in [5.74, 6) is -1.86. The molecule has 18 N–H and O–H groups in total. The molecule has 0 amide bonds. The normalized spacial score (nSPS) is 53.1. The molecule has 33 atom stereocenters. The molecule has 0 spiro atoms. The van der Waals surface area contributed by atoms with Gasteiger partial charge in [0.25, 0.3) is 0 Å². The van der Waals surface area contributed by atoms with E-state index in [2.05, 4.69) is 0 Å². The van der Waals surface area contributed by atoms with Gasteiger partial charge in [0.2, 0.25) is 0 Å². The Kier molecular flexibility index (Phi) is 20.9. The van der Waals surface area contributed by atoms with Crippen molar-refractivity contribution in [1.82, 2.24) is 0 Å². The molecule has 0 radical (unpaired) electrons. The molecule has 7 rings (SSSR count). The van der Waals surface area contributed by atoms with Gasteiger partial charge in [-0.2, -0.15) is 0 Å². The Bertz CT molecular complexity index is 1790. The van der Waals surface area contributed by atoms with Crippen LogP contribution in [-0.4, -0.2) is 334 Å². The number of carbonyl (C=O) groups is 1. The molecule has 436 valence electrons. The fourth-order valence-electron chi connectivity index (χ4n) is 9.75. The molecular weight excluding hydrogens is 1030 g/mol. The maximum atomic E-state index is 12.6. The van der Waals surface area contributed by atoms with Crippen LogP contribution in [0.5, 0.6) is 0 Å². The van der Waals surface area contributed by atoms with Crippen molar-refractivity contribution in [1.29, 1.82) is 0 Å². The molecule has 7 heterocycles. The largest absolute Gasteiger partial charge is 0.479 e. The average Bonchev–Trinajstić information content (AvgIpc) is 3.38.